The summed E-state index contributed by atoms with van der Waals surface area (Å²) < 4.78 is 1.68. The maximum atomic E-state index is 12.3. The van der Waals surface area contributed by atoms with Gasteiger partial charge in [0.15, 0.2) is 4.96 Å². The number of rotatable bonds is 1. The molecule has 4 rings (SSSR count). The highest BCUT2D eigenvalue weighted by Gasteiger charge is 2.10. The first kappa shape index (κ1) is 10.9. The fourth-order valence-corrected chi connectivity index (χ4v) is 3.98. The predicted octanol–water partition coefficient (Wildman–Crippen LogP) is 3.64. The molecule has 3 nitrogen and oxygen atoms in total. The molecule has 0 atom stereocenters. The fraction of sp³-hybridized carbons (Fsp3) is 0. The lowest BCUT2D eigenvalue weighted by atomic mass is 10.3. The van der Waals surface area contributed by atoms with Crippen molar-refractivity contribution in [2.45, 2.75) is 0 Å². The second-order valence-electron chi connectivity index (χ2n) is 4.14. The summed E-state index contributed by atoms with van der Waals surface area (Å²) in [7, 11) is 0. The second kappa shape index (κ2) is 4.01. The van der Waals surface area contributed by atoms with Crippen LogP contribution in [0.2, 0.25) is 0 Å². The van der Waals surface area contributed by atoms with Crippen LogP contribution in [0.25, 0.3) is 25.7 Å². The van der Waals surface area contributed by atoms with E-state index in [9.17, 15) is 4.79 Å². The van der Waals surface area contributed by atoms with Gasteiger partial charge in [-0.05, 0) is 23.6 Å². The van der Waals surface area contributed by atoms with Crippen molar-refractivity contribution < 1.29 is 0 Å². The Kier molecular flexibility index (Phi) is 2.30. The molecule has 92 valence electrons. The minimum Gasteiger partial charge on any atom is -0.269 e. The van der Waals surface area contributed by atoms with Crippen molar-refractivity contribution in [3.63, 3.8) is 0 Å². The topological polar surface area (TPSA) is 34.4 Å². The first-order valence-corrected chi connectivity index (χ1v) is 7.48. The van der Waals surface area contributed by atoms with E-state index in [4.69, 9.17) is 0 Å². The van der Waals surface area contributed by atoms with Crippen LogP contribution in [-0.4, -0.2) is 9.38 Å². The highest BCUT2D eigenvalue weighted by atomic mass is 32.1. The number of para-hydroxylation sites is 2. The molecule has 0 radical (unpaired) electrons. The Morgan fingerprint density at radius 2 is 1.95 bits per heavy atom. The number of benzene rings is 1. The predicted molar refractivity (Wildman–Crippen MR) is 80.2 cm³/mol. The molecule has 1 aromatic carbocycles. The maximum absolute atomic E-state index is 12.3. The van der Waals surface area contributed by atoms with E-state index in [2.05, 4.69) is 4.98 Å². The zero-order valence-electron chi connectivity index (χ0n) is 9.74. The molecule has 0 aliphatic heterocycles. The molecule has 0 saturated carbocycles. The van der Waals surface area contributed by atoms with E-state index in [0.29, 0.717) is 0 Å². The third-order valence-corrected chi connectivity index (χ3v) is 5.02. The molecule has 3 heterocycles. The van der Waals surface area contributed by atoms with Crippen molar-refractivity contribution in [3.8, 4) is 9.75 Å². The highest BCUT2D eigenvalue weighted by Crippen LogP contribution is 2.29. The number of imidazole rings is 1. The van der Waals surface area contributed by atoms with Crippen molar-refractivity contribution >= 4 is 38.7 Å². The van der Waals surface area contributed by atoms with Crippen molar-refractivity contribution in [1.82, 2.24) is 9.38 Å². The molecule has 0 aliphatic rings. The molecule has 0 fully saturated rings. The van der Waals surface area contributed by atoms with Crippen molar-refractivity contribution in [2.24, 2.45) is 0 Å². The van der Waals surface area contributed by atoms with Crippen LogP contribution in [0.15, 0.2) is 52.6 Å². The number of nitrogens with zero attached hydrogens (tertiary/aromatic N) is 2. The van der Waals surface area contributed by atoms with Gasteiger partial charge in [0.25, 0.3) is 5.56 Å². The Morgan fingerprint density at radius 3 is 2.79 bits per heavy atom. The van der Waals surface area contributed by atoms with E-state index < -0.39 is 0 Å². The quantitative estimate of drug-likeness (QED) is 0.535. The van der Waals surface area contributed by atoms with Crippen molar-refractivity contribution in [1.29, 1.82) is 0 Å². The molecular weight excluding hydrogens is 276 g/mol. The second-order valence-corrected chi connectivity index (χ2v) is 6.10. The number of aromatic nitrogens is 2. The Balaban J connectivity index is 2.13. The van der Waals surface area contributed by atoms with Crippen LogP contribution in [0.1, 0.15) is 0 Å². The molecule has 5 heteroatoms. The summed E-state index contributed by atoms with van der Waals surface area (Å²) >= 11 is 3.18. The highest BCUT2D eigenvalue weighted by molar-refractivity contribution is 7.24. The molecule has 0 amide bonds. The number of hydrogen-bond donors (Lipinski definition) is 0. The molecule has 4 aromatic rings. The summed E-state index contributed by atoms with van der Waals surface area (Å²) in [4.78, 5) is 19.7. The van der Waals surface area contributed by atoms with Gasteiger partial charge in [-0.15, -0.1) is 11.3 Å². The molecule has 0 unspecified atom stereocenters. The molecule has 0 spiro atoms. The van der Waals surface area contributed by atoms with Gasteiger partial charge >= 0.3 is 0 Å². The third-order valence-electron chi connectivity index (χ3n) is 2.97. The molecule has 3 aromatic heterocycles. The molecule has 0 aliphatic carbocycles. The normalized spacial score (nSPS) is 11.4. The average Bonchev–Trinajstić information content (AvgIpc) is 3.05. The minimum absolute atomic E-state index is 0.0224. The van der Waals surface area contributed by atoms with Gasteiger partial charge in [-0.1, -0.05) is 29.5 Å². The molecule has 0 saturated heterocycles. The molecule has 0 N–H and O–H groups in total. The number of thiophene rings is 1. The van der Waals surface area contributed by atoms with Crippen LogP contribution < -0.4 is 5.56 Å². The van der Waals surface area contributed by atoms with Gasteiger partial charge in [-0.2, -0.15) is 0 Å². The standard InChI is InChI=1S/C14H8N2OS2/c17-13-8-12(11-6-3-7-18-11)19-14-15-9-4-1-2-5-10(9)16(13)14/h1-8H. The lowest BCUT2D eigenvalue weighted by molar-refractivity contribution is 1.18. The largest absolute Gasteiger partial charge is 0.269 e. The zero-order valence-corrected chi connectivity index (χ0v) is 11.4. The van der Waals surface area contributed by atoms with E-state index in [1.165, 1.54) is 0 Å². The first-order valence-electron chi connectivity index (χ1n) is 5.78. The van der Waals surface area contributed by atoms with Crippen LogP contribution in [0.3, 0.4) is 0 Å². The fourth-order valence-electron chi connectivity index (χ4n) is 2.13. The summed E-state index contributed by atoms with van der Waals surface area (Å²) in [5, 5.41) is 2.01. The summed E-state index contributed by atoms with van der Waals surface area (Å²) in [5.74, 6) is 0. The number of hydrogen-bond acceptors (Lipinski definition) is 4. The van der Waals surface area contributed by atoms with Crippen LogP contribution in [0, 0.1) is 0 Å². The van der Waals surface area contributed by atoms with E-state index >= 15 is 0 Å². The van der Waals surface area contributed by atoms with Crippen molar-refractivity contribution in [3.05, 3.63) is 58.2 Å². The van der Waals surface area contributed by atoms with Crippen molar-refractivity contribution in [2.75, 3.05) is 0 Å². The van der Waals surface area contributed by atoms with Gasteiger partial charge in [-0.3, -0.25) is 9.20 Å². The van der Waals surface area contributed by atoms with Crippen LogP contribution in [0.4, 0.5) is 0 Å². The maximum Gasteiger partial charge on any atom is 0.258 e. The average molecular weight is 284 g/mol. The third kappa shape index (κ3) is 1.63. The summed E-state index contributed by atoms with van der Waals surface area (Å²) in [6.45, 7) is 0. The zero-order chi connectivity index (χ0) is 12.8. The van der Waals surface area contributed by atoms with E-state index in [-0.39, 0.29) is 5.56 Å². The Hall–Kier alpha value is -1.98. The molecule has 19 heavy (non-hydrogen) atoms. The van der Waals surface area contributed by atoms with Crippen LogP contribution in [-0.2, 0) is 0 Å². The van der Waals surface area contributed by atoms with Gasteiger partial charge in [0.05, 0.1) is 15.9 Å². The van der Waals surface area contributed by atoms with Gasteiger partial charge < -0.3 is 0 Å². The van der Waals surface area contributed by atoms with Crippen LogP contribution in [0.5, 0.6) is 0 Å². The summed E-state index contributed by atoms with van der Waals surface area (Å²) in [6, 6.07) is 13.4. The Bertz CT molecular complexity index is 935. The molecular formula is C14H8N2OS2. The van der Waals surface area contributed by atoms with Gasteiger partial charge in [-0.25, -0.2) is 4.98 Å². The van der Waals surface area contributed by atoms with Gasteiger partial charge in [0.1, 0.15) is 0 Å². The first-order chi connectivity index (χ1) is 9.33. The van der Waals surface area contributed by atoms with Gasteiger partial charge in [0.2, 0.25) is 0 Å². The summed E-state index contributed by atoms with van der Waals surface area (Å²) in [6.07, 6.45) is 0. The Morgan fingerprint density at radius 1 is 1.05 bits per heavy atom. The monoisotopic (exact) mass is 284 g/mol. The number of fused-ring (bicyclic) bond motifs is 3. The van der Waals surface area contributed by atoms with E-state index in [1.54, 1.807) is 33.1 Å². The SMILES string of the molecule is O=c1cc(-c2cccs2)sc2nc3ccccc3n12. The lowest BCUT2D eigenvalue weighted by Gasteiger charge is -1.97. The van der Waals surface area contributed by atoms with E-state index in [0.717, 1.165) is 25.7 Å². The summed E-state index contributed by atoms with van der Waals surface area (Å²) in [5.41, 5.74) is 1.71. The van der Waals surface area contributed by atoms with Gasteiger partial charge in [0, 0.05) is 10.9 Å². The Labute approximate surface area is 116 Å². The minimum atomic E-state index is -0.0224. The van der Waals surface area contributed by atoms with Crippen LogP contribution >= 0.6 is 22.7 Å². The lowest BCUT2D eigenvalue weighted by Crippen LogP contribution is -2.09. The smallest absolute Gasteiger partial charge is 0.258 e. The molecule has 0 bridgehead atoms. The van der Waals surface area contributed by atoms with E-state index in [1.807, 2.05) is 41.8 Å².